The summed E-state index contributed by atoms with van der Waals surface area (Å²) in [6.07, 6.45) is 0. The lowest BCUT2D eigenvalue weighted by Crippen LogP contribution is -2.32. The zero-order valence-electron chi connectivity index (χ0n) is 10.1. The van der Waals surface area contributed by atoms with Crippen molar-refractivity contribution in [1.29, 1.82) is 0 Å². The maximum Gasteiger partial charge on any atom is 0.320 e. The van der Waals surface area contributed by atoms with Crippen LogP contribution >= 0.6 is 0 Å². The molecule has 0 amide bonds. The largest absolute Gasteiger partial charge is 0.497 e. The van der Waals surface area contributed by atoms with Gasteiger partial charge in [-0.2, -0.15) is 0 Å². The maximum absolute atomic E-state index is 11.5. The Morgan fingerprint density at radius 3 is 2.72 bits per heavy atom. The Morgan fingerprint density at radius 2 is 2.17 bits per heavy atom. The van der Waals surface area contributed by atoms with Crippen LogP contribution in [0, 0.1) is 0 Å². The predicted molar refractivity (Wildman–Crippen MR) is 66.0 cm³/mol. The van der Waals surface area contributed by atoms with E-state index >= 15 is 0 Å². The van der Waals surface area contributed by atoms with Crippen molar-refractivity contribution >= 4 is 16.0 Å². The average Bonchev–Trinajstić information content (AvgIpc) is 2.26. The molecule has 0 spiro atoms. The molecule has 0 aliphatic heterocycles. The van der Waals surface area contributed by atoms with Gasteiger partial charge in [0.25, 0.3) is 0 Å². The molecule has 0 saturated carbocycles. The number of carboxylic acid groups (broad SMARTS) is 1. The molecular formula is C11H15NO5S. The number of hydrogen-bond acceptors (Lipinski definition) is 4. The monoisotopic (exact) mass is 273 g/mol. The van der Waals surface area contributed by atoms with Gasteiger partial charge in [-0.1, -0.05) is 12.1 Å². The molecule has 0 aromatic heterocycles. The van der Waals surface area contributed by atoms with Crippen molar-refractivity contribution in [3.05, 3.63) is 29.8 Å². The minimum Gasteiger partial charge on any atom is -0.497 e. The van der Waals surface area contributed by atoms with Crippen LogP contribution in [0.1, 0.15) is 18.5 Å². The number of aliphatic carboxylic acids is 1. The Kier molecular flexibility index (Phi) is 4.69. The van der Waals surface area contributed by atoms with Gasteiger partial charge in [-0.05, 0) is 24.6 Å². The molecule has 18 heavy (non-hydrogen) atoms. The van der Waals surface area contributed by atoms with Crippen molar-refractivity contribution < 1.29 is 23.1 Å². The number of ether oxygens (including phenoxy) is 1. The smallest absolute Gasteiger partial charge is 0.320 e. The van der Waals surface area contributed by atoms with Gasteiger partial charge in [0.1, 0.15) is 5.75 Å². The van der Waals surface area contributed by atoms with Gasteiger partial charge in [0.15, 0.2) is 5.75 Å². The molecule has 0 unspecified atom stereocenters. The fourth-order valence-electron chi connectivity index (χ4n) is 1.45. The van der Waals surface area contributed by atoms with Crippen molar-refractivity contribution in [3.8, 4) is 5.75 Å². The van der Waals surface area contributed by atoms with Crippen molar-refractivity contribution in [2.75, 3.05) is 12.9 Å². The molecule has 0 heterocycles. The number of sulfonamides is 1. The maximum atomic E-state index is 11.5. The fourth-order valence-corrected chi connectivity index (χ4v) is 2.54. The summed E-state index contributed by atoms with van der Waals surface area (Å²) in [5.41, 5.74) is 0.698. The summed E-state index contributed by atoms with van der Waals surface area (Å²) in [7, 11) is -2.33. The highest BCUT2D eigenvalue weighted by molar-refractivity contribution is 7.90. The second-order valence-electron chi connectivity index (χ2n) is 3.77. The molecule has 0 fully saturated rings. The lowest BCUT2D eigenvalue weighted by Gasteiger charge is -2.14. The SMILES string of the molecule is COc1cccc([C@@H](C)NS(=O)(=O)CC(=O)O)c1. The van der Waals surface area contributed by atoms with E-state index < -0.39 is 27.8 Å². The number of carbonyl (C=O) groups is 1. The van der Waals surface area contributed by atoms with E-state index in [4.69, 9.17) is 9.84 Å². The fraction of sp³-hybridized carbons (Fsp3) is 0.364. The molecule has 6 nitrogen and oxygen atoms in total. The first-order valence-electron chi connectivity index (χ1n) is 5.20. The number of benzene rings is 1. The summed E-state index contributed by atoms with van der Waals surface area (Å²) in [5, 5.41) is 8.48. The second-order valence-corrected chi connectivity index (χ2v) is 5.52. The van der Waals surface area contributed by atoms with Gasteiger partial charge in [0.2, 0.25) is 10.0 Å². The highest BCUT2D eigenvalue weighted by Crippen LogP contribution is 2.19. The number of rotatable bonds is 6. The van der Waals surface area contributed by atoms with Gasteiger partial charge in [0, 0.05) is 6.04 Å². The zero-order chi connectivity index (χ0) is 13.8. The van der Waals surface area contributed by atoms with Crippen LogP contribution in [0.4, 0.5) is 0 Å². The Labute approximate surface area is 106 Å². The number of methoxy groups -OCH3 is 1. The van der Waals surface area contributed by atoms with Gasteiger partial charge in [-0.3, -0.25) is 4.79 Å². The van der Waals surface area contributed by atoms with Crippen molar-refractivity contribution in [1.82, 2.24) is 4.72 Å². The third kappa shape index (κ3) is 4.34. The molecule has 100 valence electrons. The van der Waals surface area contributed by atoms with E-state index in [0.29, 0.717) is 11.3 Å². The highest BCUT2D eigenvalue weighted by atomic mass is 32.2. The lowest BCUT2D eigenvalue weighted by atomic mass is 10.1. The third-order valence-electron chi connectivity index (χ3n) is 2.26. The molecule has 1 atom stereocenters. The molecule has 1 aromatic rings. The summed E-state index contributed by atoms with van der Waals surface area (Å²) in [5.74, 6) is -1.72. The number of carboxylic acids is 1. The van der Waals surface area contributed by atoms with E-state index in [-0.39, 0.29) is 0 Å². The van der Waals surface area contributed by atoms with E-state index in [1.54, 1.807) is 31.2 Å². The topological polar surface area (TPSA) is 92.7 Å². The quantitative estimate of drug-likeness (QED) is 0.798. The van der Waals surface area contributed by atoms with Gasteiger partial charge in [0.05, 0.1) is 7.11 Å². The molecule has 1 aromatic carbocycles. The van der Waals surface area contributed by atoms with E-state index in [2.05, 4.69) is 4.72 Å². The first kappa shape index (κ1) is 14.5. The molecular weight excluding hydrogens is 258 g/mol. The summed E-state index contributed by atoms with van der Waals surface area (Å²) in [6, 6.07) is 6.37. The molecule has 0 saturated heterocycles. The highest BCUT2D eigenvalue weighted by Gasteiger charge is 2.19. The second kappa shape index (κ2) is 5.83. The zero-order valence-corrected chi connectivity index (χ0v) is 10.9. The van der Waals surface area contributed by atoms with Gasteiger partial charge < -0.3 is 9.84 Å². The lowest BCUT2D eigenvalue weighted by molar-refractivity contribution is -0.134. The molecule has 7 heteroatoms. The van der Waals surface area contributed by atoms with Crippen LogP contribution in [-0.4, -0.2) is 32.4 Å². The van der Waals surface area contributed by atoms with Crippen LogP contribution < -0.4 is 9.46 Å². The Balaban J connectivity index is 2.81. The van der Waals surface area contributed by atoms with Crippen LogP contribution in [0.25, 0.3) is 0 Å². The van der Waals surface area contributed by atoms with E-state index in [1.807, 2.05) is 0 Å². The van der Waals surface area contributed by atoms with Crippen LogP contribution in [0.3, 0.4) is 0 Å². The van der Waals surface area contributed by atoms with E-state index in [1.165, 1.54) is 7.11 Å². The number of hydrogen-bond donors (Lipinski definition) is 2. The van der Waals surface area contributed by atoms with E-state index in [9.17, 15) is 13.2 Å². The first-order valence-corrected chi connectivity index (χ1v) is 6.85. The molecule has 0 aliphatic carbocycles. The van der Waals surface area contributed by atoms with Crippen LogP contribution in [0.15, 0.2) is 24.3 Å². The molecule has 0 radical (unpaired) electrons. The van der Waals surface area contributed by atoms with Gasteiger partial charge >= 0.3 is 5.97 Å². The van der Waals surface area contributed by atoms with Gasteiger partial charge in [-0.25, -0.2) is 13.1 Å². The van der Waals surface area contributed by atoms with Crippen molar-refractivity contribution in [2.45, 2.75) is 13.0 Å². The molecule has 0 aliphatic rings. The van der Waals surface area contributed by atoms with Crippen molar-refractivity contribution in [3.63, 3.8) is 0 Å². The van der Waals surface area contributed by atoms with Crippen LogP contribution in [0.5, 0.6) is 5.75 Å². The average molecular weight is 273 g/mol. The normalized spacial score (nSPS) is 13.0. The molecule has 1 rings (SSSR count). The molecule has 0 bridgehead atoms. The Morgan fingerprint density at radius 1 is 1.50 bits per heavy atom. The summed E-state index contributed by atoms with van der Waals surface area (Å²) in [6.45, 7) is 1.63. The minimum atomic E-state index is -3.84. The van der Waals surface area contributed by atoms with E-state index in [0.717, 1.165) is 0 Å². The third-order valence-corrected chi connectivity index (χ3v) is 3.60. The van der Waals surface area contributed by atoms with Crippen LogP contribution in [-0.2, 0) is 14.8 Å². The van der Waals surface area contributed by atoms with Gasteiger partial charge in [-0.15, -0.1) is 0 Å². The first-order chi connectivity index (χ1) is 8.34. The summed E-state index contributed by atoms with van der Waals surface area (Å²) in [4.78, 5) is 10.4. The summed E-state index contributed by atoms with van der Waals surface area (Å²) >= 11 is 0. The predicted octanol–water partition coefficient (Wildman–Crippen LogP) is 0.760. The Bertz CT molecular complexity index is 526. The molecule has 2 N–H and O–H groups in total. The van der Waals surface area contributed by atoms with Crippen LogP contribution in [0.2, 0.25) is 0 Å². The summed E-state index contributed by atoms with van der Waals surface area (Å²) < 4.78 is 30.2. The Hall–Kier alpha value is -1.60. The minimum absolute atomic E-state index is 0.524. The van der Waals surface area contributed by atoms with Crippen molar-refractivity contribution in [2.24, 2.45) is 0 Å². The standard InChI is InChI=1S/C11H15NO5S/c1-8(12-18(15,16)7-11(13)14)9-4-3-5-10(6-9)17-2/h3-6,8,12H,7H2,1-2H3,(H,13,14)/t8-/m1/s1. The number of nitrogens with one attached hydrogen (secondary N) is 1.